The van der Waals surface area contributed by atoms with Gasteiger partial charge in [0, 0.05) is 0 Å². The molecule has 2 atom stereocenters. The van der Waals surface area contributed by atoms with Gasteiger partial charge in [-0.05, 0) is 36.4 Å². The van der Waals surface area contributed by atoms with Crippen LogP contribution >= 0.6 is 0 Å². The van der Waals surface area contributed by atoms with E-state index in [1.54, 1.807) is 0 Å². The summed E-state index contributed by atoms with van der Waals surface area (Å²) in [4.78, 5) is 0. The molecule has 0 bridgehead atoms. The molecule has 3 nitrogen and oxygen atoms in total. The molecule has 0 saturated carbocycles. The first-order valence-electron chi connectivity index (χ1n) is 6.19. The molecule has 0 spiro atoms. The molecule has 1 aromatic carbocycles. The van der Waals surface area contributed by atoms with Gasteiger partial charge in [-0.1, -0.05) is 38.1 Å². The molecule has 17 heavy (non-hydrogen) atoms. The Morgan fingerprint density at radius 2 is 1.71 bits per heavy atom. The van der Waals surface area contributed by atoms with Crippen molar-refractivity contribution in [3.63, 3.8) is 0 Å². The van der Waals surface area contributed by atoms with E-state index in [0.717, 1.165) is 12.0 Å². The van der Waals surface area contributed by atoms with E-state index in [0.29, 0.717) is 18.9 Å². The van der Waals surface area contributed by atoms with Crippen LogP contribution in [0.2, 0.25) is 0 Å². The Hall–Kier alpha value is -0.900. The number of rotatable bonds is 6. The van der Waals surface area contributed by atoms with Gasteiger partial charge < -0.3 is 15.9 Å². The van der Waals surface area contributed by atoms with Crippen LogP contribution in [0.1, 0.15) is 37.5 Å². The van der Waals surface area contributed by atoms with Crippen molar-refractivity contribution in [1.29, 1.82) is 0 Å². The lowest BCUT2D eigenvalue weighted by molar-refractivity contribution is 0.0150. The zero-order chi connectivity index (χ0) is 12.8. The summed E-state index contributed by atoms with van der Waals surface area (Å²) in [5.74, 6) is 0.619. The fourth-order valence-corrected chi connectivity index (χ4v) is 1.87. The first-order chi connectivity index (χ1) is 8.04. The average Bonchev–Trinajstić information content (AvgIpc) is 2.28. The molecule has 0 saturated heterocycles. The molecule has 1 rings (SSSR count). The Labute approximate surface area is 103 Å². The van der Waals surface area contributed by atoms with E-state index in [9.17, 15) is 10.2 Å². The molecular weight excluding hydrogens is 214 g/mol. The third-order valence-electron chi connectivity index (χ3n) is 2.79. The predicted octanol–water partition coefficient (Wildman–Crippen LogP) is 1.63. The maximum absolute atomic E-state index is 9.89. The Balaban J connectivity index is 2.66. The highest BCUT2D eigenvalue weighted by molar-refractivity contribution is 5.25. The molecule has 0 aliphatic rings. The lowest BCUT2D eigenvalue weighted by Gasteiger charge is -2.17. The number of aliphatic hydroxyl groups excluding tert-OH is 2. The van der Waals surface area contributed by atoms with Crippen molar-refractivity contribution in [2.45, 2.75) is 38.9 Å². The lowest BCUT2D eigenvalue weighted by atomic mass is 9.98. The van der Waals surface area contributed by atoms with E-state index >= 15 is 0 Å². The Kier molecular flexibility index (Phi) is 5.62. The number of nitrogens with two attached hydrogens (primary N) is 1. The van der Waals surface area contributed by atoms with E-state index < -0.39 is 12.2 Å². The number of hydrogen-bond acceptors (Lipinski definition) is 3. The van der Waals surface area contributed by atoms with Gasteiger partial charge in [-0.15, -0.1) is 0 Å². The summed E-state index contributed by atoms with van der Waals surface area (Å²) in [6.07, 6.45) is -0.181. The van der Waals surface area contributed by atoms with Crippen LogP contribution in [0.4, 0.5) is 0 Å². The number of aliphatic hydroxyl groups is 2. The fourth-order valence-electron chi connectivity index (χ4n) is 1.87. The van der Waals surface area contributed by atoms with E-state index in [2.05, 4.69) is 13.8 Å². The first-order valence-corrected chi connectivity index (χ1v) is 6.19. The first kappa shape index (κ1) is 14.2. The van der Waals surface area contributed by atoms with Crippen molar-refractivity contribution in [1.82, 2.24) is 0 Å². The third-order valence-corrected chi connectivity index (χ3v) is 2.79. The Bertz CT molecular complexity index is 321. The molecule has 0 amide bonds. The summed E-state index contributed by atoms with van der Waals surface area (Å²) in [5.41, 5.74) is 7.36. The van der Waals surface area contributed by atoms with Crippen molar-refractivity contribution in [3.05, 3.63) is 35.4 Å². The second-order valence-electron chi connectivity index (χ2n) is 4.93. The minimum atomic E-state index is -0.841. The van der Waals surface area contributed by atoms with Crippen molar-refractivity contribution in [3.8, 4) is 0 Å². The quantitative estimate of drug-likeness (QED) is 0.704. The zero-order valence-electron chi connectivity index (χ0n) is 10.6. The third kappa shape index (κ3) is 4.46. The van der Waals surface area contributed by atoms with E-state index in [4.69, 9.17) is 5.73 Å². The Morgan fingerprint density at radius 1 is 1.12 bits per heavy atom. The van der Waals surface area contributed by atoms with E-state index in [1.165, 1.54) is 5.56 Å². The monoisotopic (exact) mass is 237 g/mol. The maximum atomic E-state index is 9.89. The van der Waals surface area contributed by atoms with Crippen LogP contribution in [0.3, 0.4) is 0 Å². The van der Waals surface area contributed by atoms with Crippen molar-refractivity contribution in [2.75, 3.05) is 6.54 Å². The summed E-state index contributed by atoms with van der Waals surface area (Å²) in [6, 6.07) is 7.77. The summed E-state index contributed by atoms with van der Waals surface area (Å²) < 4.78 is 0. The van der Waals surface area contributed by atoms with Gasteiger partial charge in [-0.3, -0.25) is 0 Å². The maximum Gasteiger partial charge on any atom is 0.105 e. The predicted molar refractivity (Wildman–Crippen MR) is 69.6 cm³/mol. The molecule has 0 radical (unpaired) electrons. The van der Waals surface area contributed by atoms with E-state index in [1.807, 2.05) is 24.3 Å². The molecule has 96 valence electrons. The fraction of sp³-hybridized carbons (Fsp3) is 0.571. The van der Waals surface area contributed by atoms with Crippen LogP contribution in [0.15, 0.2) is 24.3 Å². The molecule has 4 N–H and O–H groups in total. The standard InChI is InChI=1S/C14H23NO2/c1-10(2)9-11-3-5-12(6-4-11)14(17)13(16)7-8-15/h3-6,10,13-14,16-17H,7-9,15H2,1-2H3. The van der Waals surface area contributed by atoms with Gasteiger partial charge >= 0.3 is 0 Å². The summed E-state index contributed by atoms with van der Waals surface area (Å²) in [6.45, 7) is 4.73. The van der Waals surface area contributed by atoms with Crippen LogP contribution < -0.4 is 5.73 Å². The van der Waals surface area contributed by atoms with Gasteiger partial charge in [0.25, 0.3) is 0 Å². The zero-order valence-corrected chi connectivity index (χ0v) is 10.6. The van der Waals surface area contributed by atoms with Crippen LogP contribution in [-0.2, 0) is 6.42 Å². The smallest absolute Gasteiger partial charge is 0.105 e. The Morgan fingerprint density at radius 3 is 2.18 bits per heavy atom. The summed E-state index contributed by atoms with van der Waals surface area (Å²) in [5, 5.41) is 19.5. The van der Waals surface area contributed by atoms with Crippen molar-refractivity contribution >= 4 is 0 Å². The highest BCUT2D eigenvalue weighted by atomic mass is 16.3. The van der Waals surface area contributed by atoms with Crippen LogP contribution in [0, 0.1) is 5.92 Å². The minimum absolute atomic E-state index is 0.379. The second kappa shape index (κ2) is 6.74. The van der Waals surface area contributed by atoms with Crippen LogP contribution in [-0.4, -0.2) is 22.9 Å². The van der Waals surface area contributed by atoms with Gasteiger partial charge in [-0.25, -0.2) is 0 Å². The molecule has 0 heterocycles. The van der Waals surface area contributed by atoms with Crippen LogP contribution in [0.25, 0.3) is 0 Å². The molecule has 0 aliphatic heterocycles. The lowest BCUT2D eigenvalue weighted by Crippen LogP contribution is -2.21. The normalized spacial score (nSPS) is 14.9. The van der Waals surface area contributed by atoms with Gasteiger partial charge in [0.2, 0.25) is 0 Å². The minimum Gasteiger partial charge on any atom is -0.390 e. The van der Waals surface area contributed by atoms with Gasteiger partial charge in [0.1, 0.15) is 6.10 Å². The highest BCUT2D eigenvalue weighted by Gasteiger charge is 2.17. The van der Waals surface area contributed by atoms with Gasteiger partial charge in [0.05, 0.1) is 6.10 Å². The summed E-state index contributed by atoms with van der Waals surface area (Å²) in [7, 11) is 0. The van der Waals surface area contributed by atoms with Crippen LogP contribution in [0.5, 0.6) is 0 Å². The second-order valence-corrected chi connectivity index (χ2v) is 4.93. The average molecular weight is 237 g/mol. The van der Waals surface area contributed by atoms with Crippen molar-refractivity contribution < 1.29 is 10.2 Å². The summed E-state index contributed by atoms with van der Waals surface area (Å²) >= 11 is 0. The molecule has 3 heteroatoms. The van der Waals surface area contributed by atoms with E-state index in [-0.39, 0.29) is 0 Å². The van der Waals surface area contributed by atoms with Gasteiger partial charge in [0.15, 0.2) is 0 Å². The molecule has 0 fully saturated rings. The SMILES string of the molecule is CC(C)Cc1ccc(C(O)C(O)CCN)cc1. The van der Waals surface area contributed by atoms with Gasteiger partial charge in [-0.2, -0.15) is 0 Å². The number of hydrogen-bond donors (Lipinski definition) is 3. The molecule has 0 aliphatic carbocycles. The molecular formula is C14H23NO2. The van der Waals surface area contributed by atoms with Crippen molar-refractivity contribution in [2.24, 2.45) is 11.7 Å². The largest absolute Gasteiger partial charge is 0.390 e. The topological polar surface area (TPSA) is 66.5 Å². The highest BCUT2D eigenvalue weighted by Crippen LogP contribution is 2.20. The molecule has 2 unspecified atom stereocenters. The number of benzene rings is 1. The molecule has 1 aromatic rings. The molecule has 0 aromatic heterocycles.